The summed E-state index contributed by atoms with van der Waals surface area (Å²) in [6, 6.07) is 0. The highest BCUT2D eigenvalue weighted by Gasteiger charge is 2.29. The summed E-state index contributed by atoms with van der Waals surface area (Å²) in [4.78, 5) is 46.6. The maximum Gasteiger partial charge on any atom is 0.311 e. The van der Waals surface area contributed by atoms with Crippen LogP contribution in [-0.2, 0) is 28.7 Å². The minimum absolute atomic E-state index is 0.124. The van der Waals surface area contributed by atoms with Gasteiger partial charge in [0.05, 0.1) is 38.9 Å². The molecule has 0 aromatic heterocycles. The highest BCUT2D eigenvalue weighted by molar-refractivity contribution is 5.79. The second-order valence-electron chi connectivity index (χ2n) is 8.21. The third-order valence-corrected chi connectivity index (χ3v) is 5.18. The Bertz CT molecular complexity index is 1220. The summed E-state index contributed by atoms with van der Waals surface area (Å²) < 4.78 is 139. The molecule has 2 rings (SSSR count). The highest BCUT2D eigenvalue weighted by atomic mass is 19.2. The summed E-state index contributed by atoms with van der Waals surface area (Å²) in [7, 11) is 0. The van der Waals surface area contributed by atoms with Gasteiger partial charge in [0.25, 0.3) is 0 Å². The molecule has 2 aromatic rings. The van der Waals surface area contributed by atoms with Crippen LogP contribution in [0.25, 0.3) is 0 Å². The fraction of sp³-hybridized carbons (Fsp3) is 0.360. The van der Waals surface area contributed by atoms with E-state index in [4.69, 9.17) is 9.47 Å². The van der Waals surface area contributed by atoms with Crippen LogP contribution in [0.2, 0.25) is 0 Å². The third-order valence-electron chi connectivity index (χ3n) is 5.18. The van der Waals surface area contributed by atoms with E-state index in [1.54, 1.807) is 0 Å². The van der Waals surface area contributed by atoms with Crippen LogP contribution in [0.15, 0.2) is 0 Å². The average molecular weight is 618 g/mol. The van der Waals surface area contributed by atoms with Crippen molar-refractivity contribution in [2.75, 3.05) is 13.2 Å². The van der Waals surface area contributed by atoms with E-state index >= 15 is 0 Å². The number of hydrogen-bond acceptors (Lipinski definition) is 8. The zero-order valence-electron chi connectivity index (χ0n) is 21.3. The van der Waals surface area contributed by atoms with Crippen LogP contribution in [0.1, 0.15) is 44.1 Å². The molecule has 0 N–H and O–H groups in total. The van der Waals surface area contributed by atoms with Crippen molar-refractivity contribution in [3.05, 3.63) is 57.9 Å². The van der Waals surface area contributed by atoms with E-state index in [0.717, 1.165) is 6.92 Å². The van der Waals surface area contributed by atoms with E-state index in [2.05, 4.69) is 9.47 Å². The first-order valence-corrected chi connectivity index (χ1v) is 11.7. The second kappa shape index (κ2) is 15.1. The number of unbranched alkanes of at least 4 members (excludes halogenated alkanes) is 1. The molecular formula is C25H19F9O8. The fourth-order valence-corrected chi connectivity index (χ4v) is 2.94. The first-order valence-electron chi connectivity index (χ1n) is 11.7. The lowest BCUT2D eigenvalue weighted by atomic mass is 10.2. The SMILES string of the molecule is Cc1c(F)c(F)c(OC(=O)CCC(=O)OCCCCOC(=O)CCC(=O)Oc2c(F)c(F)c(F)c(F)c2F)c(F)c1F. The number of rotatable bonds is 13. The van der Waals surface area contributed by atoms with Gasteiger partial charge in [-0.25, -0.2) is 22.0 Å². The molecule has 0 aliphatic carbocycles. The number of hydrogen-bond donors (Lipinski definition) is 0. The predicted molar refractivity (Wildman–Crippen MR) is 118 cm³/mol. The standard InChI is InChI=1S/C25H19F9O8/c1-10-15(26)20(31)24(21(32)16(10)27)41-13(37)6-4-11(35)39-8-2-3-9-40-12(36)5-7-14(38)42-25-22(33)18(29)17(28)19(30)23(25)34/h2-9H2,1H3. The number of benzene rings is 2. The Kier molecular flexibility index (Phi) is 12.2. The van der Waals surface area contributed by atoms with Crippen LogP contribution in [0.4, 0.5) is 39.5 Å². The van der Waals surface area contributed by atoms with Crippen molar-refractivity contribution in [2.45, 2.75) is 45.4 Å². The van der Waals surface area contributed by atoms with Gasteiger partial charge in [0.1, 0.15) is 0 Å². The number of halogens is 9. The van der Waals surface area contributed by atoms with Crippen molar-refractivity contribution >= 4 is 23.9 Å². The van der Waals surface area contributed by atoms with Gasteiger partial charge in [-0.2, -0.15) is 17.6 Å². The summed E-state index contributed by atoms with van der Waals surface area (Å²) in [5, 5.41) is 0. The van der Waals surface area contributed by atoms with Crippen molar-refractivity contribution in [3.63, 3.8) is 0 Å². The molecular weight excluding hydrogens is 599 g/mol. The quantitative estimate of drug-likeness (QED) is 0.0755. The van der Waals surface area contributed by atoms with Gasteiger partial charge in [0.2, 0.25) is 52.2 Å². The molecule has 230 valence electrons. The summed E-state index contributed by atoms with van der Waals surface area (Å²) >= 11 is 0. The molecule has 0 atom stereocenters. The van der Waals surface area contributed by atoms with E-state index in [9.17, 15) is 58.7 Å². The number of carbonyl (C=O) groups is 4. The Morgan fingerprint density at radius 1 is 0.452 bits per heavy atom. The molecule has 2 aromatic carbocycles. The van der Waals surface area contributed by atoms with Crippen LogP contribution in [-0.4, -0.2) is 37.1 Å². The molecule has 8 nitrogen and oxygen atoms in total. The molecule has 0 radical (unpaired) electrons. The molecule has 0 amide bonds. The van der Waals surface area contributed by atoms with Crippen LogP contribution in [0, 0.1) is 59.3 Å². The number of ether oxygens (including phenoxy) is 4. The van der Waals surface area contributed by atoms with Gasteiger partial charge in [0.15, 0.2) is 11.6 Å². The average Bonchev–Trinajstić information content (AvgIpc) is 2.96. The Balaban J connectivity index is 1.63. The predicted octanol–water partition coefficient (Wildman–Crippen LogP) is 5.18. The molecule has 0 aliphatic rings. The topological polar surface area (TPSA) is 105 Å². The van der Waals surface area contributed by atoms with Crippen LogP contribution in [0.5, 0.6) is 11.5 Å². The van der Waals surface area contributed by atoms with Crippen LogP contribution >= 0.6 is 0 Å². The normalized spacial score (nSPS) is 10.8. The second-order valence-corrected chi connectivity index (χ2v) is 8.21. The number of esters is 4. The number of carbonyl (C=O) groups excluding carboxylic acids is 4. The van der Waals surface area contributed by atoms with Crippen molar-refractivity contribution in [1.82, 2.24) is 0 Å². The molecule has 0 fully saturated rings. The highest BCUT2D eigenvalue weighted by Crippen LogP contribution is 2.31. The van der Waals surface area contributed by atoms with Crippen molar-refractivity contribution in [3.8, 4) is 11.5 Å². The molecule has 0 spiro atoms. The summed E-state index contributed by atoms with van der Waals surface area (Å²) in [5.41, 5.74) is -0.959. The lowest BCUT2D eigenvalue weighted by Crippen LogP contribution is -2.16. The Morgan fingerprint density at radius 2 is 0.738 bits per heavy atom. The Hall–Kier alpha value is -4.31. The molecule has 0 bridgehead atoms. The van der Waals surface area contributed by atoms with Crippen molar-refractivity contribution < 1.29 is 77.6 Å². The first kappa shape index (κ1) is 33.9. The van der Waals surface area contributed by atoms with Gasteiger partial charge in [-0.3, -0.25) is 19.2 Å². The molecule has 0 aliphatic heterocycles. The van der Waals surface area contributed by atoms with Gasteiger partial charge in [0, 0.05) is 5.56 Å². The minimum atomic E-state index is -2.45. The van der Waals surface area contributed by atoms with Gasteiger partial charge in [-0.1, -0.05) is 0 Å². The molecule has 0 unspecified atom stereocenters. The van der Waals surface area contributed by atoms with E-state index in [0.29, 0.717) is 0 Å². The maximum atomic E-state index is 13.7. The lowest BCUT2D eigenvalue weighted by Gasteiger charge is -2.10. The van der Waals surface area contributed by atoms with Gasteiger partial charge in [-0.15, -0.1) is 0 Å². The van der Waals surface area contributed by atoms with E-state index in [-0.39, 0.29) is 26.1 Å². The van der Waals surface area contributed by atoms with E-state index in [1.165, 1.54) is 0 Å². The minimum Gasteiger partial charge on any atom is -0.466 e. The van der Waals surface area contributed by atoms with Crippen LogP contribution in [0.3, 0.4) is 0 Å². The Labute approximate surface area is 230 Å². The van der Waals surface area contributed by atoms with Crippen molar-refractivity contribution in [2.24, 2.45) is 0 Å². The smallest absolute Gasteiger partial charge is 0.311 e. The molecule has 0 saturated carbocycles. The van der Waals surface area contributed by atoms with E-state index < -0.39 is 119 Å². The fourth-order valence-electron chi connectivity index (χ4n) is 2.94. The molecule has 0 heterocycles. The summed E-state index contributed by atoms with van der Waals surface area (Å²) in [5.74, 6) is -27.4. The maximum absolute atomic E-state index is 13.7. The Morgan fingerprint density at radius 3 is 1.10 bits per heavy atom. The monoisotopic (exact) mass is 618 g/mol. The third kappa shape index (κ3) is 8.59. The molecule has 17 heteroatoms. The largest absolute Gasteiger partial charge is 0.466 e. The van der Waals surface area contributed by atoms with Crippen LogP contribution < -0.4 is 9.47 Å². The van der Waals surface area contributed by atoms with Gasteiger partial charge < -0.3 is 18.9 Å². The van der Waals surface area contributed by atoms with Gasteiger partial charge >= 0.3 is 23.9 Å². The lowest BCUT2D eigenvalue weighted by molar-refractivity contribution is -0.148. The van der Waals surface area contributed by atoms with Crippen molar-refractivity contribution in [1.29, 1.82) is 0 Å². The molecule has 42 heavy (non-hydrogen) atoms. The first-order chi connectivity index (χ1) is 19.7. The summed E-state index contributed by atoms with van der Waals surface area (Å²) in [6.45, 7) is 0.303. The zero-order chi connectivity index (χ0) is 31.7. The summed E-state index contributed by atoms with van der Waals surface area (Å²) in [6.07, 6.45) is -2.61. The van der Waals surface area contributed by atoms with Gasteiger partial charge in [-0.05, 0) is 19.8 Å². The zero-order valence-corrected chi connectivity index (χ0v) is 21.3. The van der Waals surface area contributed by atoms with E-state index in [1.807, 2.05) is 0 Å². The molecule has 0 saturated heterocycles.